The zero-order valence-corrected chi connectivity index (χ0v) is 19.4. The Hall–Kier alpha value is -0.650. The van der Waals surface area contributed by atoms with Gasteiger partial charge in [-0.3, -0.25) is 4.99 Å². The van der Waals surface area contributed by atoms with E-state index in [4.69, 9.17) is 11.6 Å². The first-order valence-corrected chi connectivity index (χ1v) is 10.4. The number of nitrogens with zero attached hydrogens (tertiary/aromatic N) is 3. The number of nitrogens with one attached hydrogen (secondary N) is 2. The van der Waals surface area contributed by atoms with Crippen molar-refractivity contribution in [1.29, 1.82) is 0 Å². The van der Waals surface area contributed by atoms with Crippen molar-refractivity contribution in [3.63, 3.8) is 0 Å². The lowest BCUT2D eigenvalue weighted by Crippen LogP contribution is -2.38. The Morgan fingerprint density at radius 3 is 2.62 bits per heavy atom. The summed E-state index contributed by atoms with van der Waals surface area (Å²) in [6.07, 6.45) is 3.25. The maximum Gasteiger partial charge on any atom is 0.213 e. The van der Waals surface area contributed by atoms with Crippen LogP contribution in [-0.2, 0) is 16.4 Å². The third kappa shape index (κ3) is 9.89. The Morgan fingerprint density at radius 1 is 1.31 bits per heavy atom. The lowest BCUT2D eigenvalue weighted by molar-refractivity contribution is 0.465. The quantitative estimate of drug-likeness (QED) is 0.163. The highest BCUT2D eigenvalue weighted by atomic mass is 127. The van der Waals surface area contributed by atoms with Crippen molar-refractivity contribution in [3.05, 3.63) is 29.0 Å². The Bertz CT molecular complexity index is 641. The highest BCUT2D eigenvalue weighted by molar-refractivity contribution is 14.0. The van der Waals surface area contributed by atoms with Gasteiger partial charge in [0, 0.05) is 39.4 Å². The second-order valence-electron chi connectivity index (χ2n) is 5.50. The standard InChI is InChI=1S/C16H28ClN5O2S.HI/c1-4-18-16(19-10-6-12-22(3)25(23,24)5-2)20-11-9-14-7-8-15(17)21-13-14;/h7-8,13H,4-6,9-12H2,1-3H3,(H2,18,19,20);1H. The fourth-order valence-electron chi connectivity index (χ4n) is 2.07. The molecule has 0 aliphatic rings. The second kappa shape index (κ2) is 13.5. The van der Waals surface area contributed by atoms with Crippen LogP contribution >= 0.6 is 35.6 Å². The smallest absolute Gasteiger partial charge is 0.213 e. The van der Waals surface area contributed by atoms with E-state index in [0.29, 0.717) is 24.7 Å². The van der Waals surface area contributed by atoms with Gasteiger partial charge in [-0.25, -0.2) is 17.7 Å². The minimum absolute atomic E-state index is 0. The predicted molar refractivity (Wildman–Crippen MR) is 119 cm³/mol. The molecule has 0 aliphatic heterocycles. The zero-order chi connectivity index (χ0) is 18.7. The van der Waals surface area contributed by atoms with Crippen molar-refractivity contribution in [3.8, 4) is 0 Å². The van der Waals surface area contributed by atoms with Gasteiger partial charge in [-0.2, -0.15) is 0 Å². The minimum Gasteiger partial charge on any atom is -0.357 e. The molecule has 0 aliphatic carbocycles. The molecule has 0 fully saturated rings. The molecular formula is C16H29ClIN5O2S. The molecule has 0 radical (unpaired) electrons. The van der Waals surface area contributed by atoms with Gasteiger partial charge in [0.15, 0.2) is 5.96 Å². The summed E-state index contributed by atoms with van der Waals surface area (Å²) in [7, 11) is -1.52. The van der Waals surface area contributed by atoms with Crippen LogP contribution in [0.25, 0.3) is 0 Å². The van der Waals surface area contributed by atoms with Crippen molar-refractivity contribution < 1.29 is 8.42 Å². The molecule has 1 heterocycles. The molecule has 1 aromatic heterocycles. The number of aromatic nitrogens is 1. The molecule has 0 amide bonds. The summed E-state index contributed by atoms with van der Waals surface area (Å²) in [4.78, 5) is 8.53. The molecule has 0 aromatic carbocycles. The third-order valence-corrected chi connectivity index (χ3v) is 5.67. The molecule has 0 bridgehead atoms. The van der Waals surface area contributed by atoms with Crippen LogP contribution in [-0.4, -0.2) is 62.6 Å². The summed E-state index contributed by atoms with van der Waals surface area (Å²) >= 11 is 5.77. The van der Waals surface area contributed by atoms with E-state index >= 15 is 0 Å². The van der Waals surface area contributed by atoms with E-state index in [0.717, 1.165) is 31.0 Å². The molecule has 150 valence electrons. The normalized spacial score (nSPS) is 12.0. The van der Waals surface area contributed by atoms with E-state index in [1.165, 1.54) is 4.31 Å². The van der Waals surface area contributed by atoms with E-state index < -0.39 is 10.0 Å². The fraction of sp³-hybridized carbons (Fsp3) is 0.625. The first kappa shape index (κ1) is 25.4. The summed E-state index contributed by atoms with van der Waals surface area (Å²) in [5.41, 5.74) is 1.10. The van der Waals surface area contributed by atoms with Crippen LogP contribution in [0.15, 0.2) is 23.3 Å². The minimum atomic E-state index is -3.12. The first-order chi connectivity index (χ1) is 11.9. The molecule has 0 atom stereocenters. The van der Waals surface area contributed by atoms with E-state index in [9.17, 15) is 8.42 Å². The van der Waals surface area contributed by atoms with Gasteiger partial charge in [-0.05, 0) is 38.3 Å². The van der Waals surface area contributed by atoms with Crippen LogP contribution in [0.4, 0.5) is 0 Å². The van der Waals surface area contributed by atoms with Crippen molar-refractivity contribution in [1.82, 2.24) is 19.9 Å². The average molecular weight is 518 g/mol. The Labute approximate surface area is 179 Å². The van der Waals surface area contributed by atoms with E-state index in [1.54, 1.807) is 26.2 Å². The van der Waals surface area contributed by atoms with Gasteiger partial charge in [0.25, 0.3) is 0 Å². The summed E-state index contributed by atoms with van der Waals surface area (Å²) in [5, 5.41) is 6.93. The highest BCUT2D eigenvalue weighted by Crippen LogP contribution is 2.05. The Balaban J connectivity index is 0.00000625. The lowest BCUT2D eigenvalue weighted by atomic mass is 10.2. The number of halogens is 2. The van der Waals surface area contributed by atoms with E-state index in [-0.39, 0.29) is 29.7 Å². The van der Waals surface area contributed by atoms with Gasteiger partial charge in [-0.15, -0.1) is 24.0 Å². The van der Waals surface area contributed by atoms with Gasteiger partial charge in [0.2, 0.25) is 10.0 Å². The number of pyridine rings is 1. The first-order valence-electron chi connectivity index (χ1n) is 8.45. The summed E-state index contributed by atoms with van der Waals surface area (Å²) in [5.74, 6) is 0.849. The van der Waals surface area contributed by atoms with Gasteiger partial charge in [0.1, 0.15) is 5.15 Å². The van der Waals surface area contributed by atoms with E-state index in [2.05, 4.69) is 20.6 Å². The number of hydrogen-bond donors (Lipinski definition) is 2. The van der Waals surface area contributed by atoms with Crippen LogP contribution in [0.3, 0.4) is 0 Å². The van der Waals surface area contributed by atoms with E-state index in [1.807, 2.05) is 13.0 Å². The molecule has 1 aromatic rings. The van der Waals surface area contributed by atoms with Crippen LogP contribution in [0.5, 0.6) is 0 Å². The van der Waals surface area contributed by atoms with Gasteiger partial charge >= 0.3 is 0 Å². The molecule has 0 unspecified atom stereocenters. The Kier molecular flexibility index (Phi) is 13.2. The molecule has 1 rings (SSSR count). The van der Waals surface area contributed by atoms with Crippen molar-refractivity contribution in [2.24, 2.45) is 4.99 Å². The summed E-state index contributed by atoms with van der Waals surface area (Å²) in [6.45, 7) is 6.16. The van der Waals surface area contributed by atoms with Crippen molar-refractivity contribution >= 4 is 51.6 Å². The molecule has 0 spiro atoms. The molecule has 0 saturated carbocycles. The van der Waals surface area contributed by atoms with Crippen LogP contribution < -0.4 is 10.6 Å². The van der Waals surface area contributed by atoms with Crippen molar-refractivity contribution in [2.45, 2.75) is 26.7 Å². The van der Waals surface area contributed by atoms with Gasteiger partial charge in [-0.1, -0.05) is 17.7 Å². The number of sulfonamides is 1. The molecule has 7 nitrogen and oxygen atoms in total. The third-order valence-electron chi connectivity index (χ3n) is 3.58. The number of aliphatic imine (C=N–C) groups is 1. The molecular weight excluding hydrogens is 489 g/mol. The number of rotatable bonds is 10. The predicted octanol–water partition coefficient (Wildman–Crippen LogP) is 2.12. The summed E-state index contributed by atoms with van der Waals surface area (Å²) in [6, 6.07) is 3.72. The molecule has 10 heteroatoms. The van der Waals surface area contributed by atoms with Gasteiger partial charge < -0.3 is 10.6 Å². The average Bonchev–Trinajstić information content (AvgIpc) is 2.60. The topological polar surface area (TPSA) is 86.7 Å². The van der Waals surface area contributed by atoms with Crippen LogP contribution in [0.1, 0.15) is 25.8 Å². The fourth-order valence-corrected chi connectivity index (χ4v) is 3.02. The maximum absolute atomic E-state index is 11.7. The van der Waals surface area contributed by atoms with Gasteiger partial charge in [0.05, 0.1) is 5.75 Å². The number of guanidine groups is 1. The molecule has 0 saturated heterocycles. The van der Waals surface area contributed by atoms with Crippen LogP contribution in [0.2, 0.25) is 5.15 Å². The maximum atomic E-state index is 11.7. The Morgan fingerprint density at radius 2 is 2.04 bits per heavy atom. The summed E-state index contributed by atoms with van der Waals surface area (Å²) < 4.78 is 24.7. The zero-order valence-electron chi connectivity index (χ0n) is 15.5. The lowest BCUT2D eigenvalue weighted by Gasteiger charge is -2.15. The largest absolute Gasteiger partial charge is 0.357 e. The van der Waals surface area contributed by atoms with Crippen molar-refractivity contribution in [2.75, 3.05) is 39.0 Å². The molecule has 2 N–H and O–H groups in total. The monoisotopic (exact) mass is 517 g/mol. The highest BCUT2D eigenvalue weighted by Gasteiger charge is 2.13. The number of hydrogen-bond acceptors (Lipinski definition) is 4. The van der Waals surface area contributed by atoms with Crippen LogP contribution in [0, 0.1) is 0 Å². The SMILES string of the molecule is CCNC(=NCCCN(C)S(=O)(=O)CC)NCCc1ccc(Cl)nc1.I. The second-order valence-corrected chi connectivity index (χ2v) is 8.25. The molecule has 26 heavy (non-hydrogen) atoms.